The lowest BCUT2D eigenvalue weighted by Crippen LogP contribution is -2.14. The highest BCUT2D eigenvalue weighted by atomic mass is 35.5. The number of nitrogens with one attached hydrogen (secondary N) is 1. The summed E-state index contributed by atoms with van der Waals surface area (Å²) in [6.07, 6.45) is 0. The maximum absolute atomic E-state index is 12.1. The molecule has 0 saturated carbocycles. The van der Waals surface area contributed by atoms with Gasteiger partial charge in [0.2, 0.25) is 0 Å². The van der Waals surface area contributed by atoms with Crippen LogP contribution in [0.1, 0.15) is 10.4 Å². The maximum atomic E-state index is 12.1. The molecule has 2 rings (SSSR count). The minimum absolute atomic E-state index is 0.218. The lowest BCUT2D eigenvalue weighted by Gasteiger charge is -2.10. The standard InChI is InChI=1S/C13H9Cl3N2O/c14-7-4-5-11(9(16)6-7)18-13(19)12-8(15)2-1-3-10(12)17/h1-6H,17H2,(H,18,19). The number of nitrogens with two attached hydrogens (primary N) is 1. The summed E-state index contributed by atoms with van der Waals surface area (Å²) < 4.78 is 0. The van der Waals surface area contributed by atoms with E-state index in [0.717, 1.165) is 0 Å². The molecule has 0 bridgehead atoms. The van der Waals surface area contributed by atoms with Gasteiger partial charge in [-0.25, -0.2) is 0 Å². The number of rotatable bonds is 2. The van der Waals surface area contributed by atoms with E-state index in [2.05, 4.69) is 5.32 Å². The van der Waals surface area contributed by atoms with Crippen LogP contribution in [0.2, 0.25) is 15.1 Å². The zero-order chi connectivity index (χ0) is 14.0. The molecule has 0 atom stereocenters. The van der Waals surface area contributed by atoms with E-state index in [1.54, 1.807) is 30.3 Å². The summed E-state index contributed by atoms with van der Waals surface area (Å²) in [5.74, 6) is -0.424. The van der Waals surface area contributed by atoms with Gasteiger partial charge in [0.05, 0.1) is 21.3 Å². The van der Waals surface area contributed by atoms with E-state index in [-0.39, 0.29) is 10.6 Å². The Hall–Kier alpha value is -1.42. The molecule has 98 valence electrons. The number of hydrogen-bond acceptors (Lipinski definition) is 2. The largest absolute Gasteiger partial charge is 0.398 e. The second kappa shape index (κ2) is 5.70. The lowest BCUT2D eigenvalue weighted by molar-refractivity contribution is 0.102. The van der Waals surface area contributed by atoms with Crippen molar-refractivity contribution in [3.63, 3.8) is 0 Å². The Morgan fingerprint density at radius 2 is 1.79 bits per heavy atom. The third-order valence-corrected chi connectivity index (χ3v) is 3.32. The fraction of sp³-hybridized carbons (Fsp3) is 0. The smallest absolute Gasteiger partial charge is 0.259 e. The topological polar surface area (TPSA) is 55.1 Å². The van der Waals surface area contributed by atoms with Gasteiger partial charge in [-0.1, -0.05) is 40.9 Å². The molecular formula is C13H9Cl3N2O. The molecule has 0 saturated heterocycles. The van der Waals surface area contributed by atoms with Gasteiger partial charge in [0, 0.05) is 10.7 Å². The van der Waals surface area contributed by atoms with E-state index in [0.29, 0.717) is 21.4 Å². The van der Waals surface area contributed by atoms with Crippen molar-refractivity contribution in [2.75, 3.05) is 11.1 Å². The second-order valence-corrected chi connectivity index (χ2v) is 5.03. The highest BCUT2D eigenvalue weighted by molar-refractivity contribution is 6.38. The van der Waals surface area contributed by atoms with Crippen molar-refractivity contribution in [1.82, 2.24) is 0 Å². The highest BCUT2D eigenvalue weighted by Gasteiger charge is 2.15. The van der Waals surface area contributed by atoms with Crippen molar-refractivity contribution in [3.05, 3.63) is 57.0 Å². The van der Waals surface area contributed by atoms with Gasteiger partial charge in [0.1, 0.15) is 0 Å². The van der Waals surface area contributed by atoms with E-state index >= 15 is 0 Å². The van der Waals surface area contributed by atoms with Gasteiger partial charge in [-0.15, -0.1) is 0 Å². The number of halogens is 3. The zero-order valence-corrected chi connectivity index (χ0v) is 11.9. The minimum atomic E-state index is -0.424. The number of carbonyl (C=O) groups excluding carboxylic acids is 1. The third-order valence-electron chi connectivity index (χ3n) is 2.45. The van der Waals surface area contributed by atoms with Crippen LogP contribution >= 0.6 is 34.8 Å². The molecule has 6 heteroatoms. The SMILES string of the molecule is Nc1cccc(Cl)c1C(=O)Nc1ccc(Cl)cc1Cl. The Labute approximate surface area is 125 Å². The molecule has 0 aromatic heterocycles. The Balaban J connectivity index is 2.31. The quantitative estimate of drug-likeness (QED) is 0.803. The van der Waals surface area contributed by atoms with Gasteiger partial charge in [-0.05, 0) is 30.3 Å². The van der Waals surface area contributed by atoms with Gasteiger partial charge in [0.15, 0.2) is 0 Å². The molecule has 0 spiro atoms. The number of anilines is 2. The van der Waals surface area contributed by atoms with E-state index in [9.17, 15) is 4.79 Å². The molecule has 3 nitrogen and oxygen atoms in total. The first kappa shape index (κ1) is 14.0. The van der Waals surface area contributed by atoms with Gasteiger partial charge < -0.3 is 11.1 Å². The number of hydrogen-bond donors (Lipinski definition) is 2. The fourth-order valence-corrected chi connectivity index (χ4v) is 2.28. The molecule has 3 N–H and O–H groups in total. The van der Waals surface area contributed by atoms with Gasteiger partial charge in [-0.2, -0.15) is 0 Å². The number of nitrogen functional groups attached to an aromatic ring is 1. The van der Waals surface area contributed by atoms with E-state index < -0.39 is 5.91 Å². The van der Waals surface area contributed by atoms with Crippen LogP contribution in [0.15, 0.2) is 36.4 Å². The van der Waals surface area contributed by atoms with Crippen LogP contribution < -0.4 is 11.1 Å². The average molecular weight is 316 g/mol. The summed E-state index contributed by atoms with van der Waals surface area (Å²) in [4.78, 5) is 12.1. The third kappa shape index (κ3) is 3.13. The first-order valence-corrected chi connectivity index (χ1v) is 6.43. The van der Waals surface area contributed by atoms with Gasteiger partial charge in [-0.3, -0.25) is 4.79 Å². The summed E-state index contributed by atoms with van der Waals surface area (Å²) in [5, 5.41) is 3.75. The Kier molecular flexibility index (Phi) is 4.20. The lowest BCUT2D eigenvalue weighted by atomic mass is 10.1. The molecule has 2 aromatic rings. The molecule has 0 aliphatic heterocycles. The predicted octanol–water partition coefficient (Wildman–Crippen LogP) is 4.48. The van der Waals surface area contributed by atoms with Crippen molar-refractivity contribution in [1.29, 1.82) is 0 Å². The Bertz CT molecular complexity index is 624. The van der Waals surface area contributed by atoms with Gasteiger partial charge >= 0.3 is 0 Å². The molecule has 2 aromatic carbocycles. The maximum Gasteiger partial charge on any atom is 0.259 e. The molecule has 0 heterocycles. The first-order valence-electron chi connectivity index (χ1n) is 5.29. The Morgan fingerprint density at radius 1 is 1.05 bits per heavy atom. The molecule has 0 aliphatic rings. The van der Waals surface area contributed by atoms with Crippen LogP contribution in [0.3, 0.4) is 0 Å². The van der Waals surface area contributed by atoms with Crippen LogP contribution in [0.25, 0.3) is 0 Å². The summed E-state index contributed by atoms with van der Waals surface area (Å²) in [5.41, 5.74) is 6.70. The van der Waals surface area contributed by atoms with Crippen molar-refractivity contribution < 1.29 is 4.79 Å². The summed E-state index contributed by atoms with van der Waals surface area (Å²) in [6, 6.07) is 9.63. The van der Waals surface area contributed by atoms with E-state index in [4.69, 9.17) is 40.5 Å². The second-order valence-electron chi connectivity index (χ2n) is 3.78. The van der Waals surface area contributed by atoms with Crippen LogP contribution in [0.4, 0.5) is 11.4 Å². The molecule has 0 fully saturated rings. The van der Waals surface area contributed by atoms with Crippen LogP contribution in [-0.2, 0) is 0 Å². The number of carbonyl (C=O) groups is 1. The van der Waals surface area contributed by atoms with Crippen molar-refractivity contribution >= 4 is 52.1 Å². The molecule has 0 radical (unpaired) electrons. The monoisotopic (exact) mass is 314 g/mol. The zero-order valence-electron chi connectivity index (χ0n) is 9.58. The average Bonchev–Trinajstić information content (AvgIpc) is 2.32. The Morgan fingerprint density at radius 3 is 2.42 bits per heavy atom. The summed E-state index contributed by atoms with van der Waals surface area (Å²) >= 11 is 17.7. The summed E-state index contributed by atoms with van der Waals surface area (Å²) in [6.45, 7) is 0. The molecule has 1 amide bonds. The molecule has 0 aliphatic carbocycles. The minimum Gasteiger partial charge on any atom is -0.398 e. The van der Waals surface area contributed by atoms with E-state index in [1.165, 1.54) is 6.07 Å². The van der Waals surface area contributed by atoms with Crippen molar-refractivity contribution in [2.45, 2.75) is 0 Å². The molecule has 19 heavy (non-hydrogen) atoms. The summed E-state index contributed by atoms with van der Waals surface area (Å²) in [7, 11) is 0. The number of amides is 1. The highest BCUT2D eigenvalue weighted by Crippen LogP contribution is 2.28. The van der Waals surface area contributed by atoms with E-state index in [1.807, 2.05) is 0 Å². The van der Waals surface area contributed by atoms with Gasteiger partial charge in [0.25, 0.3) is 5.91 Å². The molecular weight excluding hydrogens is 307 g/mol. The van der Waals surface area contributed by atoms with Crippen LogP contribution in [-0.4, -0.2) is 5.91 Å². The normalized spacial score (nSPS) is 10.3. The van der Waals surface area contributed by atoms with Crippen molar-refractivity contribution in [3.8, 4) is 0 Å². The fourth-order valence-electron chi connectivity index (χ4n) is 1.56. The molecule has 0 unspecified atom stereocenters. The van der Waals surface area contributed by atoms with Crippen molar-refractivity contribution in [2.24, 2.45) is 0 Å². The number of benzene rings is 2. The van der Waals surface area contributed by atoms with Crippen LogP contribution in [0, 0.1) is 0 Å². The van der Waals surface area contributed by atoms with Crippen LogP contribution in [0.5, 0.6) is 0 Å². The first-order chi connectivity index (χ1) is 8.99. The predicted molar refractivity (Wildman–Crippen MR) is 80.3 cm³/mol.